The van der Waals surface area contributed by atoms with Crippen molar-refractivity contribution in [3.05, 3.63) is 0 Å². The van der Waals surface area contributed by atoms with Crippen LogP contribution in [0.3, 0.4) is 0 Å². The first-order valence-electron chi connectivity index (χ1n) is 3.94. The molecule has 0 radical (unpaired) electrons. The van der Waals surface area contributed by atoms with Gasteiger partial charge in [-0.3, -0.25) is 4.79 Å². The third-order valence-electron chi connectivity index (χ3n) is 1.32. The number of urea groups is 1. The fourth-order valence-corrected chi connectivity index (χ4v) is 0.722. The zero-order valence-electron chi connectivity index (χ0n) is 7.23. The van der Waals surface area contributed by atoms with Gasteiger partial charge < -0.3 is 10.5 Å². The van der Waals surface area contributed by atoms with E-state index in [2.05, 4.69) is 4.99 Å². The first-order valence-corrected chi connectivity index (χ1v) is 3.94. The second-order valence-corrected chi connectivity index (χ2v) is 2.45. The summed E-state index contributed by atoms with van der Waals surface area (Å²) in [6.45, 7) is 0. The molecule has 0 aromatic rings. The molecule has 72 valence electrons. The van der Waals surface area contributed by atoms with Crippen LogP contribution < -0.4 is 5.73 Å². The molecule has 0 aliphatic heterocycles. The minimum atomic E-state index is -0.805. The molecule has 0 fully saturated rings. The van der Waals surface area contributed by atoms with Crippen molar-refractivity contribution in [3.63, 3.8) is 0 Å². The van der Waals surface area contributed by atoms with Crippen molar-refractivity contribution < 1.29 is 14.4 Å². The quantitative estimate of drug-likeness (QED) is 0.369. The molecule has 0 bridgehead atoms. The molecule has 0 aromatic carbocycles. The van der Waals surface area contributed by atoms with Crippen LogP contribution in [0.15, 0.2) is 4.99 Å². The van der Waals surface area contributed by atoms with E-state index in [0.29, 0.717) is 19.3 Å². The zero-order chi connectivity index (χ0) is 10.1. The Labute approximate surface area is 76.0 Å². The van der Waals surface area contributed by atoms with E-state index in [1.165, 1.54) is 6.21 Å². The Morgan fingerprint density at radius 2 is 2.08 bits per heavy atom. The Kier molecular flexibility index (Phi) is 6.31. The van der Waals surface area contributed by atoms with Crippen LogP contribution in [0.2, 0.25) is 0 Å². The van der Waals surface area contributed by atoms with Gasteiger partial charge in [-0.15, -0.1) is 0 Å². The van der Waals surface area contributed by atoms with Crippen LogP contribution >= 0.6 is 0 Å². The summed E-state index contributed by atoms with van der Waals surface area (Å²) in [4.78, 5) is 34.2. The Balaban J connectivity index is 3.51. The number of hydrogen-bond acceptors (Lipinski definition) is 3. The summed E-state index contributed by atoms with van der Waals surface area (Å²) in [6, 6.07) is -0.805. The molecule has 0 aliphatic rings. The molecule has 0 aromatic heterocycles. The second-order valence-electron chi connectivity index (χ2n) is 2.45. The monoisotopic (exact) mass is 184 g/mol. The number of primary amides is 1. The van der Waals surface area contributed by atoms with Crippen molar-refractivity contribution >= 4 is 24.3 Å². The predicted octanol–water partition coefficient (Wildman–Crippen LogP) is 0.464. The number of Topliss-reactive ketones (excluding diaryl/α,β-unsaturated/α-hetero) is 1. The van der Waals surface area contributed by atoms with E-state index in [1.807, 2.05) is 0 Å². The van der Waals surface area contributed by atoms with Gasteiger partial charge in [0.15, 0.2) is 0 Å². The van der Waals surface area contributed by atoms with Crippen molar-refractivity contribution in [2.45, 2.75) is 25.7 Å². The van der Waals surface area contributed by atoms with Crippen LogP contribution in [-0.2, 0) is 9.59 Å². The van der Waals surface area contributed by atoms with E-state index in [-0.39, 0.29) is 12.2 Å². The van der Waals surface area contributed by atoms with Gasteiger partial charge in [0, 0.05) is 25.5 Å². The molecule has 0 rings (SSSR count). The average Bonchev–Trinajstić information content (AvgIpc) is 2.04. The fourth-order valence-electron chi connectivity index (χ4n) is 0.722. The molecular formula is C8H12N2O3. The summed E-state index contributed by atoms with van der Waals surface area (Å²) >= 11 is 0. The van der Waals surface area contributed by atoms with Crippen molar-refractivity contribution in [3.8, 4) is 0 Å². The lowest BCUT2D eigenvalue weighted by molar-refractivity contribution is -0.118. The van der Waals surface area contributed by atoms with Gasteiger partial charge in [0.25, 0.3) is 0 Å². The fraction of sp³-hybridized carbons (Fsp3) is 0.500. The molecule has 5 heteroatoms. The van der Waals surface area contributed by atoms with Crippen LogP contribution in [-0.4, -0.2) is 24.3 Å². The highest BCUT2D eigenvalue weighted by atomic mass is 16.2. The maximum absolute atomic E-state index is 10.9. The molecule has 0 aliphatic carbocycles. The number of unbranched alkanes of at least 4 members (excludes halogenated alkanes) is 1. The van der Waals surface area contributed by atoms with E-state index in [9.17, 15) is 14.4 Å². The van der Waals surface area contributed by atoms with Crippen LogP contribution in [0, 0.1) is 0 Å². The SMILES string of the molecule is NC(=O)N=CCC(=O)CCCC=O. The Bertz CT molecular complexity index is 223. The zero-order valence-corrected chi connectivity index (χ0v) is 7.23. The maximum atomic E-state index is 10.9. The van der Waals surface area contributed by atoms with Crippen molar-refractivity contribution in [2.75, 3.05) is 0 Å². The molecule has 13 heavy (non-hydrogen) atoms. The van der Waals surface area contributed by atoms with Crippen LogP contribution in [0.4, 0.5) is 4.79 Å². The minimum absolute atomic E-state index is 0.0492. The molecule has 0 heterocycles. The summed E-state index contributed by atoms with van der Waals surface area (Å²) in [5.74, 6) is -0.0492. The molecule has 5 nitrogen and oxygen atoms in total. The first kappa shape index (κ1) is 11.5. The van der Waals surface area contributed by atoms with Gasteiger partial charge in [0.1, 0.15) is 12.1 Å². The summed E-state index contributed by atoms with van der Waals surface area (Å²) in [5.41, 5.74) is 4.71. The van der Waals surface area contributed by atoms with Gasteiger partial charge in [-0.05, 0) is 6.42 Å². The lowest BCUT2D eigenvalue weighted by Crippen LogP contribution is -2.05. The number of nitrogens with zero attached hydrogens (tertiary/aromatic N) is 1. The molecule has 0 unspecified atom stereocenters. The van der Waals surface area contributed by atoms with Crippen LogP contribution in [0.5, 0.6) is 0 Å². The average molecular weight is 184 g/mol. The van der Waals surface area contributed by atoms with Crippen molar-refractivity contribution in [1.82, 2.24) is 0 Å². The highest BCUT2D eigenvalue weighted by molar-refractivity contribution is 5.94. The number of rotatable bonds is 6. The third-order valence-corrected chi connectivity index (χ3v) is 1.32. The molecule has 2 N–H and O–H groups in total. The highest BCUT2D eigenvalue weighted by Crippen LogP contribution is 1.96. The van der Waals surface area contributed by atoms with Crippen LogP contribution in [0.25, 0.3) is 0 Å². The second kappa shape index (κ2) is 7.15. The largest absolute Gasteiger partial charge is 0.350 e. The molecule has 0 saturated heterocycles. The summed E-state index contributed by atoms with van der Waals surface area (Å²) in [6.07, 6.45) is 3.33. The number of nitrogens with two attached hydrogens (primary N) is 1. The smallest absolute Gasteiger partial charge is 0.337 e. The predicted molar refractivity (Wildman–Crippen MR) is 47.6 cm³/mol. The van der Waals surface area contributed by atoms with Gasteiger partial charge in [-0.1, -0.05) is 0 Å². The number of carbonyl (C=O) groups is 3. The summed E-state index contributed by atoms with van der Waals surface area (Å²) < 4.78 is 0. The summed E-state index contributed by atoms with van der Waals surface area (Å²) in [7, 11) is 0. The topological polar surface area (TPSA) is 89.6 Å². The van der Waals surface area contributed by atoms with Gasteiger partial charge >= 0.3 is 6.03 Å². The van der Waals surface area contributed by atoms with Crippen LogP contribution in [0.1, 0.15) is 25.7 Å². The van der Waals surface area contributed by atoms with Gasteiger partial charge in [-0.25, -0.2) is 9.79 Å². The highest BCUT2D eigenvalue weighted by Gasteiger charge is 1.98. The molecule has 0 saturated carbocycles. The normalized spacial score (nSPS) is 10.2. The lowest BCUT2D eigenvalue weighted by Gasteiger charge is -1.92. The number of ketones is 1. The number of amides is 2. The van der Waals surface area contributed by atoms with Crippen molar-refractivity contribution in [2.24, 2.45) is 10.7 Å². The molecular weight excluding hydrogens is 172 g/mol. The standard InChI is InChI=1S/C8H12N2O3/c9-8(13)10-5-4-7(12)3-1-2-6-11/h5-6H,1-4H2,(H2,9,13). The van der Waals surface area contributed by atoms with Crippen molar-refractivity contribution in [1.29, 1.82) is 0 Å². The molecule has 2 amide bonds. The maximum Gasteiger partial charge on any atom is 0.337 e. The number of hydrogen-bond donors (Lipinski definition) is 1. The first-order chi connectivity index (χ1) is 6.16. The number of aliphatic imine (C=N–C) groups is 1. The van der Waals surface area contributed by atoms with Gasteiger partial charge in [0.05, 0.1) is 0 Å². The molecule has 0 atom stereocenters. The Hall–Kier alpha value is -1.52. The molecule has 0 spiro atoms. The third kappa shape index (κ3) is 8.39. The van der Waals surface area contributed by atoms with E-state index in [1.54, 1.807) is 0 Å². The lowest BCUT2D eigenvalue weighted by atomic mass is 10.1. The summed E-state index contributed by atoms with van der Waals surface area (Å²) in [5, 5.41) is 0. The van der Waals surface area contributed by atoms with E-state index >= 15 is 0 Å². The Morgan fingerprint density at radius 1 is 1.38 bits per heavy atom. The van der Waals surface area contributed by atoms with E-state index < -0.39 is 6.03 Å². The van der Waals surface area contributed by atoms with Gasteiger partial charge in [0.2, 0.25) is 0 Å². The number of aldehydes is 1. The number of carbonyl (C=O) groups excluding carboxylic acids is 3. The van der Waals surface area contributed by atoms with E-state index in [4.69, 9.17) is 5.73 Å². The minimum Gasteiger partial charge on any atom is -0.350 e. The Morgan fingerprint density at radius 3 is 2.62 bits per heavy atom. The van der Waals surface area contributed by atoms with E-state index in [0.717, 1.165) is 6.29 Å². The van der Waals surface area contributed by atoms with Gasteiger partial charge in [-0.2, -0.15) is 0 Å².